The van der Waals surface area contributed by atoms with Crippen molar-refractivity contribution in [1.29, 1.82) is 0 Å². The van der Waals surface area contributed by atoms with Crippen LogP contribution in [-0.2, 0) is 6.42 Å². The van der Waals surface area contributed by atoms with Gasteiger partial charge in [-0.15, -0.1) is 0 Å². The fourth-order valence-corrected chi connectivity index (χ4v) is 3.85. The number of aryl methyl sites for hydroxylation is 2. The number of aliphatic hydroxyl groups excluding tert-OH is 1. The molecule has 1 aromatic carbocycles. The number of rotatable bonds is 6. The largest absolute Gasteiger partial charge is 0.392 e. The Labute approximate surface area is 148 Å². The van der Waals surface area contributed by atoms with Crippen LogP contribution in [0.15, 0.2) is 30.3 Å². The molecule has 1 atom stereocenters. The summed E-state index contributed by atoms with van der Waals surface area (Å²) < 4.78 is 4.28. The van der Waals surface area contributed by atoms with Gasteiger partial charge in [0, 0.05) is 37.7 Å². The monoisotopic (exact) mass is 346 g/mol. The number of aromatic nitrogens is 2. The van der Waals surface area contributed by atoms with Gasteiger partial charge in [-0.05, 0) is 38.3 Å². The molecule has 0 saturated carbocycles. The van der Waals surface area contributed by atoms with Gasteiger partial charge in [0.2, 0.25) is 5.13 Å². The molecule has 1 fully saturated rings. The molecule has 0 bridgehead atoms. The molecule has 24 heavy (non-hydrogen) atoms. The highest BCUT2D eigenvalue weighted by Crippen LogP contribution is 2.19. The lowest BCUT2D eigenvalue weighted by molar-refractivity contribution is 0.109. The smallest absolute Gasteiger partial charge is 0.205 e. The van der Waals surface area contributed by atoms with E-state index >= 15 is 0 Å². The number of β-amino-alcohol motifs (C(OH)–C–C–N with tert-alkyl or cyclic N) is 1. The van der Waals surface area contributed by atoms with Crippen molar-refractivity contribution in [3.63, 3.8) is 0 Å². The molecule has 0 spiro atoms. The van der Waals surface area contributed by atoms with E-state index < -0.39 is 0 Å². The topological polar surface area (TPSA) is 52.5 Å². The molecule has 1 saturated heterocycles. The maximum Gasteiger partial charge on any atom is 0.205 e. The van der Waals surface area contributed by atoms with Crippen LogP contribution in [-0.4, -0.2) is 58.2 Å². The highest BCUT2D eigenvalue weighted by molar-refractivity contribution is 7.09. The van der Waals surface area contributed by atoms with Crippen LogP contribution in [0.5, 0.6) is 0 Å². The van der Waals surface area contributed by atoms with E-state index in [-0.39, 0.29) is 6.10 Å². The Morgan fingerprint density at radius 2 is 2.00 bits per heavy atom. The summed E-state index contributed by atoms with van der Waals surface area (Å²) in [6, 6.07) is 10.4. The van der Waals surface area contributed by atoms with Crippen LogP contribution in [0.3, 0.4) is 0 Å². The number of hydrogen-bond acceptors (Lipinski definition) is 6. The molecule has 1 unspecified atom stereocenters. The number of hydrogen-bond donors (Lipinski definition) is 1. The molecule has 0 amide bonds. The molecule has 3 rings (SSSR count). The van der Waals surface area contributed by atoms with Crippen molar-refractivity contribution in [2.75, 3.05) is 37.6 Å². The van der Waals surface area contributed by atoms with E-state index in [0.29, 0.717) is 0 Å². The Morgan fingerprint density at radius 1 is 1.17 bits per heavy atom. The molecule has 130 valence electrons. The maximum absolute atomic E-state index is 10.4. The summed E-state index contributed by atoms with van der Waals surface area (Å²) >= 11 is 1.48. The van der Waals surface area contributed by atoms with Gasteiger partial charge in [-0.2, -0.15) is 4.37 Å². The summed E-state index contributed by atoms with van der Waals surface area (Å²) in [5, 5.41) is 11.4. The highest BCUT2D eigenvalue weighted by atomic mass is 32.1. The van der Waals surface area contributed by atoms with Gasteiger partial charge in [-0.1, -0.05) is 30.3 Å². The average Bonchev–Trinajstić information content (AvgIpc) is 2.89. The normalized spacial score (nSPS) is 17.7. The molecule has 2 heterocycles. The first-order chi connectivity index (χ1) is 11.7. The van der Waals surface area contributed by atoms with Crippen molar-refractivity contribution in [2.24, 2.45) is 0 Å². The van der Waals surface area contributed by atoms with Gasteiger partial charge < -0.3 is 10.0 Å². The Kier molecular flexibility index (Phi) is 6.18. The minimum atomic E-state index is -0.263. The zero-order valence-electron chi connectivity index (χ0n) is 14.3. The maximum atomic E-state index is 10.4. The molecular weight excluding hydrogens is 320 g/mol. The number of benzene rings is 1. The quantitative estimate of drug-likeness (QED) is 0.870. The van der Waals surface area contributed by atoms with E-state index in [2.05, 4.69) is 43.4 Å². The van der Waals surface area contributed by atoms with Crippen LogP contribution < -0.4 is 4.90 Å². The third-order valence-electron chi connectivity index (χ3n) is 4.45. The standard InChI is InChI=1S/C18H26N4OS/c1-15-19-18(24-20-15)22-11-5-10-21(12-13-22)14-17(23)9-8-16-6-3-2-4-7-16/h2-4,6-7,17,23H,5,8-14H2,1H3. The van der Waals surface area contributed by atoms with Crippen molar-refractivity contribution in [3.05, 3.63) is 41.7 Å². The molecule has 0 radical (unpaired) electrons. The second-order valence-corrected chi connectivity index (χ2v) is 7.17. The van der Waals surface area contributed by atoms with Crippen molar-refractivity contribution in [2.45, 2.75) is 32.3 Å². The third kappa shape index (κ3) is 5.00. The van der Waals surface area contributed by atoms with Gasteiger partial charge in [0.05, 0.1) is 6.10 Å². The molecule has 2 aromatic rings. The van der Waals surface area contributed by atoms with E-state index in [1.807, 2.05) is 13.0 Å². The second-order valence-electron chi connectivity index (χ2n) is 6.44. The molecule has 5 nitrogen and oxygen atoms in total. The lowest BCUT2D eigenvalue weighted by Crippen LogP contribution is -2.36. The summed E-state index contributed by atoms with van der Waals surface area (Å²) in [4.78, 5) is 9.19. The van der Waals surface area contributed by atoms with Crippen molar-refractivity contribution in [3.8, 4) is 0 Å². The minimum Gasteiger partial charge on any atom is -0.392 e. The van der Waals surface area contributed by atoms with Gasteiger partial charge in [0.25, 0.3) is 0 Å². The zero-order chi connectivity index (χ0) is 16.8. The van der Waals surface area contributed by atoms with Crippen LogP contribution in [0.1, 0.15) is 24.2 Å². The predicted molar refractivity (Wildman–Crippen MR) is 98.7 cm³/mol. The zero-order valence-corrected chi connectivity index (χ0v) is 15.1. The summed E-state index contributed by atoms with van der Waals surface area (Å²) in [5.74, 6) is 0.854. The molecular formula is C18H26N4OS. The summed E-state index contributed by atoms with van der Waals surface area (Å²) in [6.07, 6.45) is 2.59. The molecule has 0 aliphatic carbocycles. The van der Waals surface area contributed by atoms with Crippen LogP contribution in [0.25, 0.3) is 0 Å². The Hall–Kier alpha value is -1.50. The van der Waals surface area contributed by atoms with Crippen LogP contribution in [0.4, 0.5) is 5.13 Å². The van der Waals surface area contributed by atoms with Gasteiger partial charge in [0.15, 0.2) is 0 Å². The van der Waals surface area contributed by atoms with Gasteiger partial charge in [0.1, 0.15) is 5.82 Å². The predicted octanol–water partition coefficient (Wildman–Crippen LogP) is 2.35. The van der Waals surface area contributed by atoms with E-state index in [0.717, 1.165) is 62.9 Å². The van der Waals surface area contributed by atoms with Crippen molar-refractivity contribution < 1.29 is 5.11 Å². The lowest BCUT2D eigenvalue weighted by Gasteiger charge is -2.23. The summed E-state index contributed by atoms with van der Waals surface area (Å²) in [6.45, 7) is 6.69. The van der Waals surface area contributed by atoms with Gasteiger partial charge in [-0.3, -0.25) is 4.90 Å². The lowest BCUT2D eigenvalue weighted by atomic mass is 10.1. The van der Waals surface area contributed by atoms with Gasteiger partial charge in [-0.25, -0.2) is 4.98 Å². The molecule has 6 heteroatoms. The first kappa shape index (κ1) is 17.3. The average molecular weight is 347 g/mol. The Bertz CT molecular complexity index is 618. The molecule has 1 aliphatic heterocycles. The molecule has 1 N–H and O–H groups in total. The number of anilines is 1. The Balaban J connectivity index is 1.44. The minimum absolute atomic E-state index is 0.263. The fraction of sp³-hybridized carbons (Fsp3) is 0.556. The van der Waals surface area contributed by atoms with Crippen molar-refractivity contribution >= 4 is 16.7 Å². The van der Waals surface area contributed by atoms with E-state index in [9.17, 15) is 5.11 Å². The van der Waals surface area contributed by atoms with E-state index in [1.165, 1.54) is 17.1 Å². The summed E-state index contributed by atoms with van der Waals surface area (Å²) in [5.41, 5.74) is 1.30. The fourth-order valence-electron chi connectivity index (χ4n) is 3.13. The Morgan fingerprint density at radius 3 is 2.75 bits per heavy atom. The molecule has 1 aromatic heterocycles. The highest BCUT2D eigenvalue weighted by Gasteiger charge is 2.19. The second kappa shape index (κ2) is 8.55. The number of nitrogens with zero attached hydrogens (tertiary/aromatic N) is 4. The SMILES string of the molecule is Cc1nsc(N2CCCN(CC(O)CCc3ccccc3)CC2)n1. The van der Waals surface area contributed by atoms with E-state index in [1.54, 1.807) is 0 Å². The van der Waals surface area contributed by atoms with Crippen LogP contribution in [0, 0.1) is 6.92 Å². The third-order valence-corrected chi connectivity index (χ3v) is 5.32. The summed E-state index contributed by atoms with van der Waals surface area (Å²) in [7, 11) is 0. The van der Waals surface area contributed by atoms with Gasteiger partial charge >= 0.3 is 0 Å². The van der Waals surface area contributed by atoms with E-state index in [4.69, 9.17) is 0 Å². The van der Waals surface area contributed by atoms with Crippen LogP contribution >= 0.6 is 11.5 Å². The first-order valence-corrected chi connectivity index (χ1v) is 9.47. The first-order valence-electron chi connectivity index (χ1n) is 8.70. The number of aliphatic hydroxyl groups is 1. The van der Waals surface area contributed by atoms with Crippen molar-refractivity contribution in [1.82, 2.24) is 14.3 Å². The van der Waals surface area contributed by atoms with Crippen LogP contribution in [0.2, 0.25) is 0 Å². The molecule has 1 aliphatic rings.